The Labute approximate surface area is 155 Å². The molecule has 26 heavy (non-hydrogen) atoms. The molecule has 1 aromatic carbocycles. The first-order chi connectivity index (χ1) is 12.5. The Bertz CT molecular complexity index is 821. The van der Waals surface area contributed by atoms with Crippen molar-refractivity contribution in [3.8, 4) is 5.75 Å². The van der Waals surface area contributed by atoms with E-state index < -0.39 is 5.97 Å². The molecule has 1 fully saturated rings. The molecule has 1 aromatic heterocycles. The van der Waals surface area contributed by atoms with Crippen molar-refractivity contribution in [2.75, 3.05) is 25.5 Å². The van der Waals surface area contributed by atoms with Gasteiger partial charge in [-0.1, -0.05) is 29.5 Å². The zero-order chi connectivity index (χ0) is 18.7. The maximum atomic E-state index is 12.4. The van der Waals surface area contributed by atoms with Gasteiger partial charge in [-0.15, -0.1) is 0 Å². The summed E-state index contributed by atoms with van der Waals surface area (Å²) in [5.74, 6) is -0.403. The molecule has 1 amide bonds. The molecule has 8 heteroatoms. The third kappa shape index (κ3) is 3.86. The number of rotatable bonds is 6. The fraction of sp³-hybridized carbons (Fsp3) is 0.389. The second kappa shape index (κ2) is 7.84. The van der Waals surface area contributed by atoms with Gasteiger partial charge in [0.15, 0.2) is 5.13 Å². The van der Waals surface area contributed by atoms with Crippen molar-refractivity contribution in [1.29, 1.82) is 0 Å². The van der Waals surface area contributed by atoms with E-state index in [1.807, 2.05) is 24.3 Å². The van der Waals surface area contributed by atoms with Gasteiger partial charge < -0.3 is 15.2 Å². The van der Waals surface area contributed by atoms with Gasteiger partial charge in [0, 0.05) is 11.6 Å². The molecule has 0 spiro atoms. The summed E-state index contributed by atoms with van der Waals surface area (Å²) >= 11 is 0.976. The molecular weight excluding hydrogens is 354 g/mol. The van der Waals surface area contributed by atoms with Gasteiger partial charge in [-0.05, 0) is 32.4 Å². The number of hydrogen-bond donors (Lipinski definition) is 2. The lowest BCUT2D eigenvalue weighted by molar-refractivity contribution is -0.117. The maximum Gasteiger partial charge on any atom is 0.347 e. The highest BCUT2D eigenvalue weighted by molar-refractivity contribution is 7.17. The fourth-order valence-electron chi connectivity index (χ4n) is 3.30. The first kappa shape index (κ1) is 18.3. The van der Waals surface area contributed by atoms with Crippen LogP contribution in [0.3, 0.4) is 0 Å². The van der Waals surface area contributed by atoms with Gasteiger partial charge in [-0.25, -0.2) is 9.78 Å². The van der Waals surface area contributed by atoms with E-state index in [2.05, 4.69) is 15.2 Å². The van der Waals surface area contributed by atoms with Crippen molar-refractivity contribution in [3.63, 3.8) is 0 Å². The summed E-state index contributed by atoms with van der Waals surface area (Å²) in [7, 11) is 1.65. The number of methoxy groups -OCH3 is 1. The summed E-state index contributed by atoms with van der Waals surface area (Å²) in [6.45, 7) is 2.67. The Morgan fingerprint density at radius 1 is 1.42 bits per heavy atom. The summed E-state index contributed by atoms with van der Waals surface area (Å²) in [6.07, 6.45) is 1.97. The summed E-state index contributed by atoms with van der Waals surface area (Å²) in [6, 6.07) is 7.99. The Hall–Kier alpha value is -2.45. The Morgan fingerprint density at radius 2 is 2.19 bits per heavy atom. The minimum atomic E-state index is -1.03. The van der Waals surface area contributed by atoms with E-state index in [-0.39, 0.29) is 23.4 Å². The molecule has 2 heterocycles. The second-order valence-corrected chi connectivity index (χ2v) is 7.16. The summed E-state index contributed by atoms with van der Waals surface area (Å²) < 4.78 is 5.45. The number of aromatic nitrogens is 1. The average Bonchev–Trinajstić information content (AvgIpc) is 3.21. The highest BCUT2D eigenvalue weighted by atomic mass is 32.1. The van der Waals surface area contributed by atoms with Crippen LogP contribution in [0.5, 0.6) is 5.75 Å². The van der Waals surface area contributed by atoms with Gasteiger partial charge in [0.25, 0.3) is 0 Å². The van der Waals surface area contributed by atoms with E-state index in [1.165, 1.54) is 0 Å². The van der Waals surface area contributed by atoms with Crippen LogP contribution in [0.15, 0.2) is 24.3 Å². The Morgan fingerprint density at radius 3 is 2.88 bits per heavy atom. The number of aromatic carboxylic acids is 1. The summed E-state index contributed by atoms with van der Waals surface area (Å²) in [4.78, 5) is 29.9. The van der Waals surface area contributed by atoms with E-state index in [0.29, 0.717) is 10.8 Å². The monoisotopic (exact) mass is 375 g/mol. The molecule has 1 saturated heterocycles. The van der Waals surface area contributed by atoms with E-state index in [1.54, 1.807) is 14.0 Å². The number of para-hydroxylation sites is 1. The molecule has 2 aromatic rings. The minimum absolute atomic E-state index is 0.129. The highest BCUT2D eigenvalue weighted by Crippen LogP contribution is 2.36. The fourth-order valence-corrected chi connectivity index (χ4v) is 4.12. The quantitative estimate of drug-likeness (QED) is 0.807. The third-order valence-electron chi connectivity index (χ3n) is 4.45. The average molecular weight is 375 g/mol. The van der Waals surface area contributed by atoms with Crippen LogP contribution in [0.1, 0.15) is 39.8 Å². The van der Waals surface area contributed by atoms with Crippen molar-refractivity contribution in [1.82, 2.24) is 9.88 Å². The van der Waals surface area contributed by atoms with Crippen molar-refractivity contribution in [3.05, 3.63) is 40.4 Å². The zero-order valence-electron chi connectivity index (χ0n) is 14.7. The molecule has 3 rings (SSSR count). The first-order valence-electron chi connectivity index (χ1n) is 8.37. The maximum absolute atomic E-state index is 12.4. The first-order valence-corrected chi connectivity index (χ1v) is 9.18. The third-order valence-corrected chi connectivity index (χ3v) is 5.51. The van der Waals surface area contributed by atoms with Crippen molar-refractivity contribution in [2.45, 2.75) is 25.8 Å². The Balaban J connectivity index is 1.68. The number of carbonyl (C=O) groups excluding carboxylic acids is 1. The smallest absolute Gasteiger partial charge is 0.347 e. The van der Waals surface area contributed by atoms with Crippen LogP contribution < -0.4 is 10.1 Å². The SMILES string of the molecule is COc1ccccc1C1CCCN1CC(=O)Nc1nc(C)c(C(=O)O)s1. The molecule has 0 saturated carbocycles. The highest BCUT2D eigenvalue weighted by Gasteiger charge is 2.29. The molecule has 2 N–H and O–H groups in total. The van der Waals surface area contributed by atoms with E-state index in [0.717, 1.165) is 42.0 Å². The minimum Gasteiger partial charge on any atom is -0.496 e. The molecular formula is C18H21N3O4S. The normalized spacial score (nSPS) is 17.2. The molecule has 1 aliphatic rings. The number of amides is 1. The van der Waals surface area contributed by atoms with Gasteiger partial charge in [0.05, 0.1) is 19.3 Å². The van der Waals surface area contributed by atoms with Crippen LogP contribution in [-0.2, 0) is 4.79 Å². The number of nitrogens with one attached hydrogen (secondary N) is 1. The topological polar surface area (TPSA) is 91.8 Å². The Kier molecular flexibility index (Phi) is 5.53. The van der Waals surface area contributed by atoms with Gasteiger partial charge >= 0.3 is 5.97 Å². The number of anilines is 1. The predicted molar refractivity (Wildman–Crippen MR) is 99.0 cm³/mol. The molecule has 7 nitrogen and oxygen atoms in total. The number of carboxylic acid groups (broad SMARTS) is 1. The summed E-state index contributed by atoms with van der Waals surface area (Å²) in [5, 5.41) is 12.1. The standard InChI is InChI=1S/C18H21N3O4S/c1-11-16(17(23)24)26-18(19-11)20-15(22)10-21-9-5-7-13(21)12-6-3-4-8-14(12)25-2/h3-4,6,8,13H,5,7,9-10H2,1-2H3,(H,23,24)(H,19,20,22). The van der Waals surface area contributed by atoms with Crippen molar-refractivity contribution >= 4 is 28.3 Å². The van der Waals surface area contributed by atoms with Gasteiger partial charge in [0.1, 0.15) is 10.6 Å². The van der Waals surface area contributed by atoms with Crippen molar-refractivity contribution < 1.29 is 19.4 Å². The molecule has 1 aliphatic heterocycles. The van der Waals surface area contributed by atoms with Gasteiger partial charge in [-0.3, -0.25) is 9.69 Å². The molecule has 1 unspecified atom stereocenters. The van der Waals surface area contributed by atoms with Crippen LogP contribution >= 0.6 is 11.3 Å². The molecule has 0 aliphatic carbocycles. The number of hydrogen-bond acceptors (Lipinski definition) is 6. The molecule has 138 valence electrons. The van der Waals surface area contributed by atoms with Crippen LogP contribution in [0.2, 0.25) is 0 Å². The molecule has 0 radical (unpaired) electrons. The number of ether oxygens (including phenoxy) is 1. The number of nitrogens with zero attached hydrogens (tertiary/aromatic N) is 2. The number of carboxylic acids is 1. The lowest BCUT2D eigenvalue weighted by Crippen LogP contribution is -2.33. The van der Waals surface area contributed by atoms with Gasteiger partial charge in [0.2, 0.25) is 5.91 Å². The summed E-state index contributed by atoms with van der Waals surface area (Å²) in [5.41, 5.74) is 1.49. The van der Waals surface area contributed by atoms with Crippen LogP contribution in [-0.4, -0.2) is 47.1 Å². The number of benzene rings is 1. The number of thiazole rings is 1. The zero-order valence-corrected chi connectivity index (χ0v) is 15.5. The lowest BCUT2D eigenvalue weighted by atomic mass is 10.0. The van der Waals surface area contributed by atoms with Crippen molar-refractivity contribution in [2.24, 2.45) is 0 Å². The number of likely N-dealkylation sites (tertiary alicyclic amines) is 1. The molecule has 0 bridgehead atoms. The largest absolute Gasteiger partial charge is 0.496 e. The second-order valence-electron chi connectivity index (χ2n) is 6.16. The lowest BCUT2D eigenvalue weighted by Gasteiger charge is -2.25. The number of aryl methyl sites for hydroxylation is 1. The van der Waals surface area contributed by atoms with E-state index in [4.69, 9.17) is 9.84 Å². The van der Waals surface area contributed by atoms with Gasteiger partial charge in [-0.2, -0.15) is 0 Å². The predicted octanol–water partition coefficient (Wildman–Crippen LogP) is 2.93. The van der Waals surface area contributed by atoms with E-state index in [9.17, 15) is 9.59 Å². The van der Waals surface area contributed by atoms with E-state index >= 15 is 0 Å². The van der Waals surface area contributed by atoms with Crippen LogP contribution in [0, 0.1) is 6.92 Å². The molecule has 1 atom stereocenters. The van der Waals surface area contributed by atoms with Crippen LogP contribution in [0.4, 0.5) is 5.13 Å². The van der Waals surface area contributed by atoms with Crippen LogP contribution in [0.25, 0.3) is 0 Å². The number of carbonyl (C=O) groups is 2.